The lowest BCUT2D eigenvalue weighted by molar-refractivity contribution is 0.660. The average Bonchev–Trinajstić information content (AvgIpc) is 3.49. The van der Waals surface area contributed by atoms with Gasteiger partial charge in [-0.3, -0.25) is 0 Å². The van der Waals surface area contributed by atoms with Crippen LogP contribution in [0.1, 0.15) is 68.7 Å². The predicted molar refractivity (Wildman–Crippen MR) is 259 cm³/mol. The second-order valence-corrected chi connectivity index (χ2v) is 18.3. The molecule has 0 spiro atoms. The van der Waals surface area contributed by atoms with E-state index < -0.39 is 0 Å². The Morgan fingerprint density at radius 2 is 1.54 bits per heavy atom. The number of benzene rings is 5. The SMILES string of the molecule is C=CCN(C1=C(SC(=C)/C=C\C)CCC=C1)c1ccc2c(c1)C(C)(C)c1cc(/C=C/c3ccc(-c4cccc(N5C6=C(C=CCC6)Sc6ccccc65)c4)cc3)ccc1-2. The lowest BCUT2D eigenvalue weighted by Gasteiger charge is -2.36. The van der Waals surface area contributed by atoms with Gasteiger partial charge in [-0.2, -0.15) is 0 Å². The Morgan fingerprint density at radius 3 is 2.37 bits per heavy atom. The number of hydrogen-bond donors (Lipinski definition) is 0. The van der Waals surface area contributed by atoms with Crippen molar-refractivity contribution in [3.63, 3.8) is 0 Å². The van der Waals surface area contributed by atoms with Gasteiger partial charge in [-0.15, -0.1) is 6.58 Å². The van der Waals surface area contributed by atoms with E-state index in [0.29, 0.717) is 0 Å². The number of anilines is 3. The van der Waals surface area contributed by atoms with Crippen LogP contribution < -0.4 is 9.80 Å². The van der Waals surface area contributed by atoms with Crippen molar-refractivity contribution < 1.29 is 0 Å². The van der Waals surface area contributed by atoms with E-state index in [1.807, 2.05) is 24.8 Å². The van der Waals surface area contributed by atoms with E-state index in [4.69, 9.17) is 0 Å². The summed E-state index contributed by atoms with van der Waals surface area (Å²) in [5, 5.41) is 0. The van der Waals surface area contributed by atoms with Crippen molar-refractivity contribution in [3.8, 4) is 22.3 Å². The molecule has 0 N–H and O–H groups in total. The van der Waals surface area contributed by atoms with Gasteiger partial charge in [-0.05, 0) is 120 Å². The Kier molecular flexibility index (Phi) is 10.9. The summed E-state index contributed by atoms with van der Waals surface area (Å²) in [5.41, 5.74) is 16.4. The molecule has 0 bridgehead atoms. The highest BCUT2D eigenvalue weighted by atomic mass is 32.2. The van der Waals surface area contributed by atoms with Crippen molar-refractivity contribution in [1.29, 1.82) is 0 Å². The minimum Gasteiger partial charge on any atom is -0.337 e. The Balaban J connectivity index is 0.948. The summed E-state index contributed by atoms with van der Waals surface area (Å²) in [5.74, 6) is 0. The number of fused-ring (bicyclic) bond motifs is 4. The van der Waals surface area contributed by atoms with Crippen LogP contribution in [0.5, 0.6) is 0 Å². The highest BCUT2D eigenvalue weighted by Gasteiger charge is 2.36. The fraction of sp³-hybridized carbons (Fsp3) is 0.164. The third kappa shape index (κ3) is 7.57. The van der Waals surface area contributed by atoms with E-state index in [1.54, 1.807) is 11.8 Å². The molecule has 0 aromatic heterocycles. The molecule has 0 radical (unpaired) electrons. The van der Waals surface area contributed by atoms with Crippen LogP contribution >= 0.6 is 23.5 Å². The molecule has 292 valence electrons. The van der Waals surface area contributed by atoms with Crippen LogP contribution in [0.4, 0.5) is 17.1 Å². The van der Waals surface area contributed by atoms with Crippen LogP contribution in [0.15, 0.2) is 196 Å². The van der Waals surface area contributed by atoms with Gasteiger partial charge < -0.3 is 9.80 Å². The van der Waals surface area contributed by atoms with Crippen LogP contribution in [0.3, 0.4) is 0 Å². The van der Waals surface area contributed by atoms with Gasteiger partial charge in [0.15, 0.2) is 0 Å². The molecule has 0 amide bonds. The molecule has 0 fully saturated rings. The summed E-state index contributed by atoms with van der Waals surface area (Å²) in [6.45, 7) is 15.9. The molecule has 0 saturated heterocycles. The number of nitrogens with zero attached hydrogens (tertiary/aromatic N) is 2. The van der Waals surface area contributed by atoms with Crippen LogP contribution in [0.2, 0.25) is 0 Å². The minimum absolute atomic E-state index is 0.143. The third-order valence-corrected chi connectivity index (χ3v) is 14.0. The lowest BCUT2D eigenvalue weighted by Crippen LogP contribution is -2.24. The molecule has 59 heavy (non-hydrogen) atoms. The second kappa shape index (κ2) is 16.5. The van der Waals surface area contributed by atoms with Crippen molar-refractivity contribution in [2.75, 3.05) is 16.3 Å². The molecule has 2 nitrogen and oxygen atoms in total. The molecule has 9 rings (SSSR count). The van der Waals surface area contributed by atoms with Crippen LogP contribution in [-0.4, -0.2) is 6.54 Å². The summed E-state index contributed by atoms with van der Waals surface area (Å²) < 4.78 is 0. The summed E-state index contributed by atoms with van der Waals surface area (Å²) in [6.07, 6.45) is 24.0. The molecule has 5 aromatic rings. The Hall–Kier alpha value is -5.68. The maximum atomic E-state index is 4.29. The summed E-state index contributed by atoms with van der Waals surface area (Å²) in [7, 11) is 0. The summed E-state index contributed by atoms with van der Waals surface area (Å²) in [4.78, 5) is 9.97. The zero-order chi connectivity index (χ0) is 40.5. The third-order valence-electron chi connectivity index (χ3n) is 11.8. The smallest absolute Gasteiger partial charge is 0.0598 e. The van der Waals surface area contributed by atoms with Gasteiger partial charge >= 0.3 is 0 Å². The van der Waals surface area contributed by atoms with Gasteiger partial charge in [0.05, 0.1) is 11.4 Å². The van der Waals surface area contributed by atoms with Gasteiger partial charge in [0.2, 0.25) is 0 Å². The number of para-hydroxylation sites is 1. The number of allylic oxidation sites excluding steroid dienone is 8. The molecule has 4 aliphatic rings. The second-order valence-electron chi connectivity index (χ2n) is 16.0. The fourth-order valence-corrected chi connectivity index (χ4v) is 11.0. The molecular weight excluding hydrogens is 753 g/mol. The fourth-order valence-electron chi connectivity index (χ4n) is 8.87. The minimum atomic E-state index is -0.143. The molecule has 0 atom stereocenters. The summed E-state index contributed by atoms with van der Waals surface area (Å²) >= 11 is 3.68. The van der Waals surface area contributed by atoms with Crippen LogP contribution in [0.25, 0.3) is 34.4 Å². The lowest BCUT2D eigenvalue weighted by atomic mass is 9.81. The van der Waals surface area contributed by atoms with Crippen molar-refractivity contribution >= 4 is 52.7 Å². The number of thioether (sulfide) groups is 2. The molecular formula is C55H50N2S2. The van der Waals surface area contributed by atoms with Crippen molar-refractivity contribution in [2.24, 2.45) is 0 Å². The monoisotopic (exact) mass is 802 g/mol. The summed E-state index contributed by atoms with van der Waals surface area (Å²) in [6, 6.07) is 40.8. The topological polar surface area (TPSA) is 6.48 Å². The van der Waals surface area contributed by atoms with Crippen LogP contribution in [0, 0.1) is 0 Å². The Labute approximate surface area is 359 Å². The van der Waals surface area contributed by atoms with Gasteiger partial charge in [0, 0.05) is 48.6 Å². The van der Waals surface area contributed by atoms with E-state index in [-0.39, 0.29) is 5.41 Å². The van der Waals surface area contributed by atoms with Gasteiger partial charge in [0.25, 0.3) is 0 Å². The molecule has 1 heterocycles. The molecule has 3 aliphatic carbocycles. The van der Waals surface area contributed by atoms with Gasteiger partial charge in [-0.1, -0.05) is 165 Å². The van der Waals surface area contributed by atoms with E-state index >= 15 is 0 Å². The average molecular weight is 803 g/mol. The molecule has 0 saturated carbocycles. The zero-order valence-corrected chi connectivity index (χ0v) is 35.9. The van der Waals surface area contributed by atoms with Crippen molar-refractivity contribution in [2.45, 2.75) is 56.8 Å². The highest BCUT2D eigenvalue weighted by molar-refractivity contribution is 8.06. The van der Waals surface area contributed by atoms with Crippen molar-refractivity contribution in [1.82, 2.24) is 0 Å². The first kappa shape index (κ1) is 38.8. The Bertz CT molecular complexity index is 2660. The first-order valence-electron chi connectivity index (χ1n) is 20.7. The number of hydrogen-bond acceptors (Lipinski definition) is 4. The normalized spacial score (nSPS) is 16.4. The van der Waals surface area contributed by atoms with Crippen molar-refractivity contribution in [3.05, 3.63) is 213 Å². The molecule has 4 heteroatoms. The quantitative estimate of drug-likeness (QED) is 0.0745. The van der Waals surface area contributed by atoms with E-state index in [0.717, 1.165) is 37.1 Å². The van der Waals surface area contributed by atoms with E-state index in [9.17, 15) is 0 Å². The zero-order valence-electron chi connectivity index (χ0n) is 34.2. The highest BCUT2D eigenvalue weighted by Crippen LogP contribution is 2.52. The molecule has 5 aromatic carbocycles. The maximum Gasteiger partial charge on any atom is 0.0598 e. The standard InChI is InChI=1S/C55H50N2S2/c1-6-15-38(3)58-52-21-11-8-18-49(52)56(34-7-2)43-31-33-46-45-32-28-40(35-47(45)55(4,5)48(46)37-43)25-24-39-26-29-41(30-27-39)42-16-14-17-44(36-42)57-50-19-9-12-22-53(50)59-54-23-13-10-20-51(54)57/h6-9,12-19,22-33,35-37H,2-3,10-11,20-21,34H2,1,4-5H3/b15-6-,25-24+. The van der Waals surface area contributed by atoms with Gasteiger partial charge in [0.1, 0.15) is 0 Å². The molecule has 0 unspecified atom stereocenters. The maximum absolute atomic E-state index is 4.29. The number of rotatable bonds is 11. The van der Waals surface area contributed by atoms with E-state index in [2.05, 4.69) is 195 Å². The van der Waals surface area contributed by atoms with Gasteiger partial charge in [-0.25, -0.2) is 0 Å². The Morgan fingerprint density at radius 1 is 0.797 bits per heavy atom. The first-order chi connectivity index (χ1) is 28.8. The largest absolute Gasteiger partial charge is 0.337 e. The van der Waals surface area contributed by atoms with Crippen LogP contribution in [-0.2, 0) is 5.41 Å². The van der Waals surface area contributed by atoms with E-state index in [1.165, 1.54) is 87.7 Å². The first-order valence-corrected chi connectivity index (χ1v) is 22.4. The molecule has 1 aliphatic heterocycles. The predicted octanol–water partition coefficient (Wildman–Crippen LogP) is 16.0.